The summed E-state index contributed by atoms with van der Waals surface area (Å²) in [5, 5.41) is 0. The number of benzene rings is 1. The van der Waals surface area contributed by atoms with Crippen LogP contribution < -0.4 is 5.73 Å². The van der Waals surface area contributed by atoms with E-state index >= 15 is 0 Å². The third kappa shape index (κ3) is 3.95. The molecule has 0 amide bonds. The maximum Gasteiger partial charge on any atom is 0.0314 e. The first-order valence-electron chi connectivity index (χ1n) is 7.25. The van der Waals surface area contributed by atoms with Crippen LogP contribution in [-0.4, -0.2) is 48.6 Å². The van der Waals surface area contributed by atoms with Crippen LogP contribution in [0.2, 0.25) is 0 Å². The van der Waals surface area contributed by atoms with Crippen molar-refractivity contribution in [3.05, 3.63) is 29.8 Å². The Morgan fingerprint density at radius 1 is 1.16 bits per heavy atom. The Kier molecular flexibility index (Phi) is 4.48. The van der Waals surface area contributed by atoms with Gasteiger partial charge in [-0.05, 0) is 58.0 Å². The van der Waals surface area contributed by atoms with E-state index in [1.807, 2.05) is 12.1 Å². The van der Waals surface area contributed by atoms with Crippen molar-refractivity contribution in [3.8, 4) is 0 Å². The normalized spacial score (nSPS) is 20.6. The van der Waals surface area contributed by atoms with E-state index in [1.54, 1.807) is 0 Å². The van der Waals surface area contributed by atoms with Crippen LogP contribution in [0.25, 0.3) is 0 Å². The fourth-order valence-corrected chi connectivity index (χ4v) is 2.72. The van der Waals surface area contributed by atoms with Gasteiger partial charge in [0.15, 0.2) is 0 Å². The summed E-state index contributed by atoms with van der Waals surface area (Å²) in [5.41, 5.74) is 8.25. The van der Waals surface area contributed by atoms with E-state index in [-0.39, 0.29) is 0 Å². The van der Waals surface area contributed by atoms with Crippen molar-refractivity contribution in [2.45, 2.75) is 32.2 Å². The second kappa shape index (κ2) is 5.93. The molecule has 2 N–H and O–H groups in total. The summed E-state index contributed by atoms with van der Waals surface area (Å²) < 4.78 is 0. The number of likely N-dealkylation sites (N-methyl/N-ethyl adjacent to an activating group) is 1. The molecule has 1 heterocycles. The zero-order valence-corrected chi connectivity index (χ0v) is 12.5. The lowest BCUT2D eigenvalue weighted by molar-refractivity contribution is 0.0396. The first kappa shape index (κ1) is 14.4. The van der Waals surface area contributed by atoms with Crippen LogP contribution in [0.3, 0.4) is 0 Å². The maximum absolute atomic E-state index is 5.70. The molecule has 3 nitrogen and oxygen atoms in total. The third-order valence-corrected chi connectivity index (χ3v) is 4.32. The number of aryl methyl sites for hydroxylation is 1. The van der Waals surface area contributed by atoms with Crippen molar-refractivity contribution in [3.63, 3.8) is 0 Å². The predicted molar refractivity (Wildman–Crippen MR) is 82.3 cm³/mol. The zero-order chi connectivity index (χ0) is 13.9. The van der Waals surface area contributed by atoms with Gasteiger partial charge in [-0.2, -0.15) is 0 Å². The number of nitrogen functional groups attached to an aromatic ring is 1. The molecule has 1 fully saturated rings. The second-order valence-corrected chi connectivity index (χ2v) is 6.36. The molecule has 0 saturated carbocycles. The molecule has 2 rings (SSSR count). The lowest BCUT2D eigenvalue weighted by atomic mass is 9.99. The Labute approximate surface area is 117 Å². The number of hydrogen-bond acceptors (Lipinski definition) is 3. The monoisotopic (exact) mass is 261 g/mol. The molecule has 106 valence electrons. The second-order valence-electron chi connectivity index (χ2n) is 6.36. The van der Waals surface area contributed by atoms with Crippen LogP contribution in [0.5, 0.6) is 0 Å². The molecule has 19 heavy (non-hydrogen) atoms. The highest BCUT2D eigenvalue weighted by Crippen LogP contribution is 2.19. The van der Waals surface area contributed by atoms with Crippen LogP contribution in [0.1, 0.15) is 25.8 Å². The van der Waals surface area contributed by atoms with Crippen molar-refractivity contribution in [2.24, 2.45) is 0 Å². The largest absolute Gasteiger partial charge is 0.399 e. The highest BCUT2D eigenvalue weighted by atomic mass is 15.3. The molecule has 0 aromatic heterocycles. The van der Waals surface area contributed by atoms with E-state index in [2.05, 4.69) is 42.8 Å². The van der Waals surface area contributed by atoms with Crippen molar-refractivity contribution in [2.75, 3.05) is 39.0 Å². The van der Waals surface area contributed by atoms with Crippen LogP contribution in [0.15, 0.2) is 24.3 Å². The minimum atomic E-state index is 0.305. The van der Waals surface area contributed by atoms with Crippen molar-refractivity contribution in [1.29, 1.82) is 0 Å². The summed E-state index contributed by atoms with van der Waals surface area (Å²) in [6, 6.07) is 8.27. The van der Waals surface area contributed by atoms with Gasteiger partial charge in [0.1, 0.15) is 0 Å². The highest BCUT2D eigenvalue weighted by Gasteiger charge is 2.30. The molecule has 0 spiro atoms. The molecule has 1 aliphatic rings. The summed E-state index contributed by atoms with van der Waals surface area (Å²) in [6.07, 6.45) is 2.37. The first-order chi connectivity index (χ1) is 8.97. The first-order valence-corrected chi connectivity index (χ1v) is 7.25. The SMILES string of the molecule is CN1CCN(CCCc2ccc(N)cc2)CC1(C)C. The van der Waals surface area contributed by atoms with Gasteiger partial charge >= 0.3 is 0 Å². The van der Waals surface area contributed by atoms with Gasteiger partial charge in [0.25, 0.3) is 0 Å². The van der Waals surface area contributed by atoms with E-state index in [1.165, 1.54) is 38.2 Å². The number of rotatable bonds is 4. The zero-order valence-electron chi connectivity index (χ0n) is 12.5. The molecule has 1 aliphatic heterocycles. The smallest absolute Gasteiger partial charge is 0.0314 e. The van der Waals surface area contributed by atoms with Crippen LogP contribution >= 0.6 is 0 Å². The Bertz CT molecular complexity index is 397. The van der Waals surface area contributed by atoms with Gasteiger partial charge in [-0.15, -0.1) is 0 Å². The van der Waals surface area contributed by atoms with Gasteiger partial charge in [-0.1, -0.05) is 12.1 Å². The molecule has 0 aliphatic carbocycles. The average Bonchev–Trinajstić information content (AvgIpc) is 2.36. The van der Waals surface area contributed by atoms with E-state index < -0.39 is 0 Å². The topological polar surface area (TPSA) is 32.5 Å². The summed E-state index contributed by atoms with van der Waals surface area (Å²) in [7, 11) is 2.23. The van der Waals surface area contributed by atoms with E-state index in [9.17, 15) is 0 Å². The van der Waals surface area contributed by atoms with Crippen molar-refractivity contribution in [1.82, 2.24) is 9.80 Å². The van der Waals surface area contributed by atoms with E-state index in [4.69, 9.17) is 5.73 Å². The summed E-state index contributed by atoms with van der Waals surface area (Å²) in [4.78, 5) is 5.06. The Morgan fingerprint density at radius 3 is 2.47 bits per heavy atom. The number of nitrogens with zero attached hydrogens (tertiary/aromatic N) is 2. The Balaban J connectivity index is 1.76. The lowest BCUT2D eigenvalue weighted by Gasteiger charge is -2.45. The Morgan fingerprint density at radius 2 is 1.84 bits per heavy atom. The standard InChI is InChI=1S/C16H27N3/c1-16(2)13-19(12-11-18(16)3)10-4-5-14-6-8-15(17)9-7-14/h6-9H,4-5,10-13,17H2,1-3H3. The van der Waals surface area contributed by atoms with E-state index in [0.29, 0.717) is 5.54 Å². The minimum absolute atomic E-state index is 0.305. The van der Waals surface area contributed by atoms with E-state index in [0.717, 1.165) is 12.1 Å². The van der Waals surface area contributed by atoms with Gasteiger partial charge in [0, 0.05) is 30.9 Å². The van der Waals surface area contributed by atoms with Crippen molar-refractivity contribution >= 4 is 5.69 Å². The molecule has 1 aromatic rings. The van der Waals surface area contributed by atoms with Gasteiger partial charge in [-0.3, -0.25) is 4.90 Å². The number of piperazine rings is 1. The summed E-state index contributed by atoms with van der Waals surface area (Å²) >= 11 is 0. The summed E-state index contributed by atoms with van der Waals surface area (Å²) in [5.74, 6) is 0. The number of nitrogens with two attached hydrogens (primary N) is 1. The molecule has 0 unspecified atom stereocenters. The fourth-order valence-electron chi connectivity index (χ4n) is 2.72. The van der Waals surface area contributed by atoms with Gasteiger partial charge in [-0.25, -0.2) is 0 Å². The van der Waals surface area contributed by atoms with Crippen LogP contribution in [-0.2, 0) is 6.42 Å². The van der Waals surface area contributed by atoms with Gasteiger partial charge in [0.05, 0.1) is 0 Å². The minimum Gasteiger partial charge on any atom is -0.399 e. The highest BCUT2D eigenvalue weighted by molar-refractivity contribution is 5.39. The Hall–Kier alpha value is -1.06. The van der Waals surface area contributed by atoms with Gasteiger partial charge in [0.2, 0.25) is 0 Å². The summed E-state index contributed by atoms with van der Waals surface area (Å²) in [6.45, 7) is 9.40. The molecule has 1 saturated heterocycles. The van der Waals surface area contributed by atoms with Crippen LogP contribution in [0.4, 0.5) is 5.69 Å². The number of hydrogen-bond donors (Lipinski definition) is 1. The fraction of sp³-hybridized carbons (Fsp3) is 0.625. The molecule has 0 bridgehead atoms. The predicted octanol–water partition coefficient (Wildman–Crippen LogP) is 2.23. The van der Waals surface area contributed by atoms with Gasteiger partial charge < -0.3 is 10.6 Å². The molecular formula is C16H27N3. The third-order valence-electron chi connectivity index (χ3n) is 4.32. The molecule has 0 atom stereocenters. The molecule has 3 heteroatoms. The molecule has 0 radical (unpaired) electrons. The van der Waals surface area contributed by atoms with Crippen molar-refractivity contribution < 1.29 is 0 Å². The lowest BCUT2D eigenvalue weighted by Crippen LogP contribution is -2.57. The van der Waals surface area contributed by atoms with Crippen LogP contribution in [0, 0.1) is 0 Å². The average molecular weight is 261 g/mol. The number of anilines is 1. The molecular weight excluding hydrogens is 234 g/mol. The quantitative estimate of drug-likeness (QED) is 0.844. The molecule has 1 aromatic carbocycles. The maximum atomic E-state index is 5.70.